The summed E-state index contributed by atoms with van der Waals surface area (Å²) in [5.74, 6) is 0. The molecule has 0 saturated carbocycles. The lowest BCUT2D eigenvalue weighted by Gasteiger charge is -2.24. The van der Waals surface area contributed by atoms with Gasteiger partial charge in [-0.15, -0.1) is 0 Å². The summed E-state index contributed by atoms with van der Waals surface area (Å²) >= 11 is 0. The highest BCUT2D eigenvalue weighted by molar-refractivity contribution is 6.41. The number of para-hydroxylation sites is 1. The molecule has 152 valence electrons. The summed E-state index contributed by atoms with van der Waals surface area (Å²) in [6.45, 7) is 7.16. The Kier molecular flexibility index (Phi) is 6.35. The Labute approximate surface area is 178 Å². The summed E-state index contributed by atoms with van der Waals surface area (Å²) in [7, 11) is 0. The van der Waals surface area contributed by atoms with Crippen molar-refractivity contribution in [3.63, 3.8) is 0 Å². The van der Waals surface area contributed by atoms with Gasteiger partial charge in [-0.1, -0.05) is 78.9 Å². The Balaban J connectivity index is 1.80. The molecule has 4 heteroatoms. The Morgan fingerprint density at radius 2 is 1.23 bits per heavy atom. The molecule has 0 atom stereocenters. The molecule has 0 spiro atoms. The molecule has 3 aromatic carbocycles. The summed E-state index contributed by atoms with van der Waals surface area (Å²) in [4.78, 5) is 5.11. The largest absolute Gasteiger partial charge is 0.378 e. The van der Waals surface area contributed by atoms with Crippen LogP contribution in [0.2, 0.25) is 0 Å². The van der Waals surface area contributed by atoms with Gasteiger partial charge in [0.05, 0.1) is 43.4 Å². The number of nitrogens with zero attached hydrogens (tertiary/aromatic N) is 3. The summed E-state index contributed by atoms with van der Waals surface area (Å²) in [6.07, 6.45) is 0. The standard InChI is InChI=1S/C26H27N3O/c1-20(21(2)28-29-16-18-30-19-17-29)27-26-24(22-10-5-3-6-11-22)14-9-15-25(26)23-12-7-4-8-13-23/h3-15H,16-19H2,1-2H3/b27-20?,28-21+. The maximum atomic E-state index is 5.43. The van der Waals surface area contributed by atoms with Gasteiger partial charge in [-0.05, 0) is 25.0 Å². The third-order valence-electron chi connectivity index (χ3n) is 5.29. The van der Waals surface area contributed by atoms with E-state index in [1.54, 1.807) is 0 Å². The molecule has 0 radical (unpaired) electrons. The van der Waals surface area contributed by atoms with Crippen molar-refractivity contribution in [1.29, 1.82) is 0 Å². The van der Waals surface area contributed by atoms with Crippen LogP contribution in [0.5, 0.6) is 0 Å². The van der Waals surface area contributed by atoms with Gasteiger partial charge in [0.1, 0.15) is 0 Å². The fourth-order valence-electron chi connectivity index (χ4n) is 3.55. The van der Waals surface area contributed by atoms with Gasteiger partial charge in [0.2, 0.25) is 0 Å². The summed E-state index contributed by atoms with van der Waals surface area (Å²) < 4.78 is 5.43. The molecular formula is C26H27N3O. The Morgan fingerprint density at radius 3 is 1.77 bits per heavy atom. The van der Waals surface area contributed by atoms with Crippen LogP contribution >= 0.6 is 0 Å². The van der Waals surface area contributed by atoms with Gasteiger partial charge >= 0.3 is 0 Å². The van der Waals surface area contributed by atoms with E-state index in [-0.39, 0.29) is 0 Å². The first-order valence-corrected chi connectivity index (χ1v) is 10.4. The number of rotatable bonds is 5. The van der Waals surface area contributed by atoms with Crippen molar-refractivity contribution >= 4 is 17.1 Å². The average Bonchev–Trinajstić information content (AvgIpc) is 2.81. The molecule has 3 aromatic rings. The predicted molar refractivity (Wildman–Crippen MR) is 126 cm³/mol. The SMILES string of the molecule is CC(=Nc1c(-c2ccccc2)cccc1-c1ccccc1)/C(C)=N/N1CCOCC1. The van der Waals surface area contributed by atoms with Gasteiger partial charge in [0.25, 0.3) is 0 Å². The quantitative estimate of drug-likeness (QED) is 0.509. The van der Waals surface area contributed by atoms with E-state index in [4.69, 9.17) is 14.8 Å². The molecule has 4 nitrogen and oxygen atoms in total. The monoisotopic (exact) mass is 397 g/mol. The van der Waals surface area contributed by atoms with Gasteiger partial charge in [-0.25, -0.2) is 0 Å². The molecule has 1 aliphatic heterocycles. The van der Waals surface area contributed by atoms with Crippen molar-refractivity contribution < 1.29 is 4.74 Å². The zero-order valence-corrected chi connectivity index (χ0v) is 17.6. The second-order valence-corrected chi connectivity index (χ2v) is 7.38. The highest BCUT2D eigenvalue weighted by Crippen LogP contribution is 2.39. The van der Waals surface area contributed by atoms with Crippen molar-refractivity contribution in [3.8, 4) is 22.3 Å². The second-order valence-electron chi connectivity index (χ2n) is 7.38. The van der Waals surface area contributed by atoms with Gasteiger partial charge in [-0.2, -0.15) is 5.10 Å². The topological polar surface area (TPSA) is 37.2 Å². The van der Waals surface area contributed by atoms with E-state index in [9.17, 15) is 0 Å². The Hall–Kier alpha value is -3.24. The van der Waals surface area contributed by atoms with E-state index in [2.05, 4.69) is 71.7 Å². The first kappa shape index (κ1) is 20.0. The minimum Gasteiger partial charge on any atom is -0.378 e. The number of aliphatic imine (C=N–C) groups is 1. The van der Waals surface area contributed by atoms with Crippen LogP contribution in [0.25, 0.3) is 22.3 Å². The Morgan fingerprint density at radius 1 is 0.700 bits per heavy atom. The molecule has 0 N–H and O–H groups in total. The van der Waals surface area contributed by atoms with Gasteiger partial charge < -0.3 is 4.74 Å². The lowest BCUT2D eigenvalue weighted by Crippen LogP contribution is -2.33. The van der Waals surface area contributed by atoms with Gasteiger partial charge in [0, 0.05) is 11.1 Å². The maximum Gasteiger partial charge on any atom is 0.0790 e. The summed E-state index contributed by atoms with van der Waals surface area (Å²) in [6, 6.07) is 27.3. The number of benzene rings is 3. The third-order valence-corrected chi connectivity index (χ3v) is 5.29. The van der Waals surface area contributed by atoms with E-state index in [1.807, 2.05) is 26.0 Å². The van der Waals surface area contributed by atoms with Crippen LogP contribution in [0.3, 0.4) is 0 Å². The number of hydrazone groups is 1. The molecule has 1 heterocycles. The van der Waals surface area contributed by atoms with Crippen LogP contribution in [0.4, 0.5) is 5.69 Å². The molecule has 0 aromatic heterocycles. The van der Waals surface area contributed by atoms with Crippen molar-refractivity contribution in [1.82, 2.24) is 5.01 Å². The number of hydrogen-bond donors (Lipinski definition) is 0. The van der Waals surface area contributed by atoms with E-state index in [0.717, 1.165) is 65.7 Å². The lowest BCUT2D eigenvalue weighted by molar-refractivity contribution is 0.0394. The molecule has 0 bridgehead atoms. The first-order valence-electron chi connectivity index (χ1n) is 10.4. The maximum absolute atomic E-state index is 5.43. The van der Waals surface area contributed by atoms with Crippen molar-refractivity contribution in [2.75, 3.05) is 26.3 Å². The van der Waals surface area contributed by atoms with Crippen LogP contribution in [-0.2, 0) is 4.74 Å². The fraction of sp³-hybridized carbons (Fsp3) is 0.231. The molecule has 4 rings (SSSR count). The third kappa shape index (κ3) is 4.66. The molecule has 1 fully saturated rings. The zero-order chi connectivity index (χ0) is 20.8. The highest BCUT2D eigenvalue weighted by atomic mass is 16.5. The van der Waals surface area contributed by atoms with Crippen LogP contribution in [0.15, 0.2) is 89.0 Å². The van der Waals surface area contributed by atoms with Crippen LogP contribution in [0.1, 0.15) is 13.8 Å². The lowest BCUT2D eigenvalue weighted by atomic mass is 9.96. The van der Waals surface area contributed by atoms with Crippen LogP contribution < -0.4 is 0 Å². The number of hydrogen-bond acceptors (Lipinski definition) is 4. The minimum atomic E-state index is 0.724. The molecule has 1 saturated heterocycles. The average molecular weight is 398 g/mol. The number of ether oxygens (including phenoxy) is 1. The van der Waals surface area contributed by atoms with Crippen molar-refractivity contribution in [2.45, 2.75) is 13.8 Å². The highest BCUT2D eigenvalue weighted by Gasteiger charge is 2.13. The fourth-order valence-corrected chi connectivity index (χ4v) is 3.55. The van der Waals surface area contributed by atoms with E-state index < -0.39 is 0 Å². The van der Waals surface area contributed by atoms with Gasteiger partial charge in [-0.3, -0.25) is 10.0 Å². The molecule has 1 aliphatic rings. The summed E-state index contributed by atoms with van der Waals surface area (Å²) in [5, 5.41) is 6.84. The minimum absolute atomic E-state index is 0.724. The van der Waals surface area contributed by atoms with Crippen molar-refractivity contribution in [3.05, 3.63) is 78.9 Å². The van der Waals surface area contributed by atoms with Crippen LogP contribution in [0, 0.1) is 0 Å². The zero-order valence-electron chi connectivity index (χ0n) is 17.6. The molecule has 0 amide bonds. The molecule has 30 heavy (non-hydrogen) atoms. The molecule has 0 aliphatic carbocycles. The van der Waals surface area contributed by atoms with E-state index in [0.29, 0.717) is 0 Å². The van der Waals surface area contributed by atoms with Crippen LogP contribution in [-0.4, -0.2) is 42.7 Å². The van der Waals surface area contributed by atoms with E-state index in [1.165, 1.54) is 0 Å². The summed E-state index contributed by atoms with van der Waals surface area (Å²) in [5.41, 5.74) is 7.38. The molecular weight excluding hydrogens is 370 g/mol. The normalized spacial score (nSPS) is 15.3. The second kappa shape index (κ2) is 9.51. The van der Waals surface area contributed by atoms with Crippen molar-refractivity contribution in [2.24, 2.45) is 10.1 Å². The van der Waals surface area contributed by atoms with Gasteiger partial charge in [0.15, 0.2) is 0 Å². The molecule has 0 unspecified atom stereocenters. The van der Waals surface area contributed by atoms with E-state index >= 15 is 0 Å². The Bertz CT molecular complexity index is 979. The smallest absolute Gasteiger partial charge is 0.0790 e. The predicted octanol–water partition coefficient (Wildman–Crippen LogP) is 5.82. The first-order chi connectivity index (χ1) is 14.7. The number of morpholine rings is 1.